The number of primary amides is 1. The van der Waals surface area contributed by atoms with E-state index in [1.807, 2.05) is 0 Å². The number of nitrogens with two attached hydrogens (primary N) is 1. The Kier molecular flexibility index (Phi) is 4.39. The first-order valence-corrected chi connectivity index (χ1v) is 7.14. The van der Waals surface area contributed by atoms with Crippen molar-refractivity contribution in [2.45, 2.75) is 24.5 Å². The SMILES string of the molecule is NC(=O)c1ncn([C@@H]2O[C@H](COP(=O)(O)O)C(O)[C@H]2O)n1. The van der Waals surface area contributed by atoms with Crippen molar-refractivity contribution in [2.24, 2.45) is 5.73 Å². The fourth-order valence-corrected chi connectivity index (χ4v) is 2.11. The summed E-state index contributed by atoms with van der Waals surface area (Å²) >= 11 is 0. The molecule has 1 aromatic heterocycles. The van der Waals surface area contributed by atoms with Crippen molar-refractivity contribution in [1.29, 1.82) is 0 Å². The molecule has 2 heterocycles. The Morgan fingerprint density at radius 2 is 2.14 bits per heavy atom. The Bertz CT molecular complexity index is 572. The molecule has 6 N–H and O–H groups in total. The monoisotopic (exact) mass is 324 g/mol. The van der Waals surface area contributed by atoms with Gasteiger partial charge >= 0.3 is 7.82 Å². The van der Waals surface area contributed by atoms with Crippen LogP contribution in [0, 0.1) is 0 Å². The zero-order valence-corrected chi connectivity index (χ0v) is 11.3. The van der Waals surface area contributed by atoms with Gasteiger partial charge in [-0.15, -0.1) is 5.10 Å². The van der Waals surface area contributed by atoms with E-state index in [9.17, 15) is 19.6 Å². The Morgan fingerprint density at radius 1 is 1.48 bits per heavy atom. The molecule has 0 saturated carbocycles. The summed E-state index contributed by atoms with van der Waals surface area (Å²) < 4.78 is 21.0. The molecular weight excluding hydrogens is 311 g/mol. The van der Waals surface area contributed by atoms with E-state index in [0.29, 0.717) is 0 Å². The first kappa shape index (κ1) is 16.0. The average molecular weight is 324 g/mol. The number of nitrogens with zero attached hydrogens (tertiary/aromatic N) is 3. The van der Waals surface area contributed by atoms with E-state index in [2.05, 4.69) is 14.6 Å². The number of carbonyl (C=O) groups excluding carboxylic acids is 1. The van der Waals surface area contributed by atoms with E-state index in [1.54, 1.807) is 0 Å². The number of rotatable bonds is 5. The van der Waals surface area contributed by atoms with Gasteiger partial charge in [-0.1, -0.05) is 0 Å². The standard InChI is InChI=1S/C8H13N4O8P/c9-6(15)7-10-2-12(11-7)8-5(14)4(13)3(20-8)1-19-21(16,17)18/h2-5,8,13-14H,1H2,(H2,9,15)(H2,16,17,18)/t3-,4?,5-,8-/m1/s1. The molecule has 1 amide bonds. The number of aliphatic hydroxyl groups is 2. The minimum Gasteiger partial charge on any atom is -0.387 e. The molecule has 1 saturated heterocycles. The van der Waals surface area contributed by atoms with Gasteiger partial charge in [-0.3, -0.25) is 9.32 Å². The molecular formula is C8H13N4O8P. The van der Waals surface area contributed by atoms with E-state index in [0.717, 1.165) is 11.0 Å². The van der Waals surface area contributed by atoms with Gasteiger partial charge in [0.25, 0.3) is 5.91 Å². The van der Waals surface area contributed by atoms with E-state index >= 15 is 0 Å². The van der Waals surface area contributed by atoms with Crippen LogP contribution in [-0.2, 0) is 13.8 Å². The summed E-state index contributed by atoms with van der Waals surface area (Å²) in [6, 6.07) is 0. The maximum absolute atomic E-state index is 10.9. The van der Waals surface area contributed by atoms with Crippen LogP contribution in [0.5, 0.6) is 0 Å². The molecule has 0 bridgehead atoms. The Balaban J connectivity index is 2.08. The predicted octanol–water partition coefficient (Wildman–Crippen LogP) is -2.89. The van der Waals surface area contributed by atoms with Gasteiger partial charge < -0.3 is 30.5 Å². The van der Waals surface area contributed by atoms with Crippen molar-refractivity contribution >= 4 is 13.7 Å². The summed E-state index contributed by atoms with van der Waals surface area (Å²) in [5.41, 5.74) is 4.97. The molecule has 2 rings (SSSR count). The van der Waals surface area contributed by atoms with Crippen molar-refractivity contribution in [3.8, 4) is 0 Å². The van der Waals surface area contributed by atoms with Gasteiger partial charge in [0.05, 0.1) is 6.61 Å². The van der Waals surface area contributed by atoms with E-state index in [4.69, 9.17) is 20.3 Å². The minimum atomic E-state index is -4.73. The fourth-order valence-electron chi connectivity index (χ4n) is 1.77. The van der Waals surface area contributed by atoms with Crippen LogP contribution in [0.1, 0.15) is 16.8 Å². The third-order valence-corrected chi connectivity index (χ3v) is 3.22. The van der Waals surface area contributed by atoms with Crippen LogP contribution in [0.2, 0.25) is 0 Å². The van der Waals surface area contributed by atoms with Crippen molar-refractivity contribution in [1.82, 2.24) is 14.8 Å². The summed E-state index contributed by atoms with van der Waals surface area (Å²) in [5, 5.41) is 23.2. The molecule has 0 aliphatic carbocycles. The summed E-state index contributed by atoms with van der Waals surface area (Å²) in [6.45, 7) is -0.642. The number of aromatic nitrogens is 3. The fraction of sp³-hybridized carbons (Fsp3) is 0.625. The molecule has 4 atom stereocenters. The first-order valence-electron chi connectivity index (χ1n) is 5.61. The molecule has 1 fully saturated rings. The smallest absolute Gasteiger partial charge is 0.387 e. The molecule has 21 heavy (non-hydrogen) atoms. The summed E-state index contributed by atoms with van der Waals surface area (Å²) in [4.78, 5) is 31.6. The maximum Gasteiger partial charge on any atom is 0.469 e. The molecule has 13 heteroatoms. The third kappa shape index (κ3) is 3.63. The third-order valence-electron chi connectivity index (χ3n) is 2.73. The number of carbonyl (C=O) groups is 1. The number of amides is 1. The van der Waals surface area contributed by atoms with Crippen LogP contribution in [-0.4, -0.2) is 65.6 Å². The van der Waals surface area contributed by atoms with Crippen LogP contribution in [0.15, 0.2) is 6.33 Å². The van der Waals surface area contributed by atoms with Crippen molar-refractivity contribution < 1.29 is 38.6 Å². The van der Waals surface area contributed by atoms with Gasteiger partial charge in [0.15, 0.2) is 6.23 Å². The zero-order chi connectivity index (χ0) is 15.8. The Hall–Kier alpha value is -1.40. The molecule has 1 aromatic rings. The Morgan fingerprint density at radius 3 is 2.67 bits per heavy atom. The lowest BCUT2D eigenvalue weighted by molar-refractivity contribution is -0.0581. The lowest BCUT2D eigenvalue weighted by atomic mass is 10.1. The van der Waals surface area contributed by atoms with Gasteiger partial charge in [-0.05, 0) is 0 Å². The Labute approximate surface area is 117 Å². The summed E-state index contributed by atoms with van der Waals surface area (Å²) in [5.74, 6) is -1.20. The van der Waals surface area contributed by atoms with Crippen LogP contribution in [0.3, 0.4) is 0 Å². The summed E-state index contributed by atoms with van der Waals surface area (Å²) in [7, 11) is -4.73. The largest absolute Gasteiger partial charge is 0.469 e. The molecule has 0 radical (unpaired) electrons. The number of hydrogen-bond acceptors (Lipinski definition) is 8. The highest BCUT2D eigenvalue weighted by Crippen LogP contribution is 2.38. The van der Waals surface area contributed by atoms with Crippen molar-refractivity contribution in [2.75, 3.05) is 6.61 Å². The van der Waals surface area contributed by atoms with Crippen LogP contribution < -0.4 is 5.73 Å². The lowest BCUT2D eigenvalue weighted by Crippen LogP contribution is -2.33. The molecule has 1 aliphatic heterocycles. The van der Waals surface area contributed by atoms with Gasteiger partial charge in [0, 0.05) is 0 Å². The highest BCUT2D eigenvalue weighted by Gasteiger charge is 2.45. The molecule has 12 nitrogen and oxygen atoms in total. The topological polar surface area (TPSA) is 190 Å². The van der Waals surface area contributed by atoms with Crippen molar-refractivity contribution in [3.05, 3.63) is 12.2 Å². The van der Waals surface area contributed by atoms with Crippen LogP contribution >= 0.6 is 7.82 Å². The predicted molar refractivity (Wildman–Crippen MR) is 62.5 cm³/mol. The van der Waals surface area contributed by atoms with Gasteiger partial charge in [-0.2, -0.15) is 0 Å². The lowest BCUT2D eigenvalue weighted by Gasteiger charge is -2.14. The molecule has 1 aliphatic rings. The second-order valence-corrected chi connectivity index (χ2v) is 5.48. The quantitative estimate of drug-likeness (QED) is 0.351. The van der Waals surface area contributed by atoms with Gasteiger partial charge in [-0.25, -0.2) is 14.2 Å². The molecule has 1 unspecified atom stereocenters. The van der Waals surface area contributed by atoms with Crippen LogP contribution in [0.4, 0.5) is 0 Å². The number of ether oxygens (including phenoxy) is 1. The van der Waals surface area contributed by atoms with Gasteiger partial charge in [0.2, 0.25) is 5.82 Å². The second-order valence-electron chi connectivity index (χ2n) is 4.25. The molecule has 118 valence electrons. The normalized spacial score (nSPS) is 29.7. The average Bonchev–Trinajstić information content (AvgIpc) is 2.94. The molecule has 0 aromatic carbocycles. The second kappa shape index (κ2) is 5.77. The van der Waals surface area contributed by atoms with Crippen LogP contribution in [0.25, 0.3) is 0 Å². The zero-order valence-electron chi connectivity index (χ0n) is 10.4. The number of phosphoric acid groups is 1. The highest BCUT2D eigenvalue weighted by molar-refractivity contribution is 7.46. The number of phosphoric ester groups is 1. The van der Waals surface area contributed by atoms with E-state index in [-0.39, 0.29) is 5.82 Å². The maximum atomic E-state index is 10.9. The van der Waals surface area contributed by atoms with E-state index in [1.165, 1.54) is 0 Å². The van der Waals surface area contributed by atoms with E-state index < -0.39 is 44.9 Å². The first-order chi connectivity index (χ1) is 9.69. The molecule has 0 spiro atoms. The van der Waals surface area contributed by atoms with Crippen molar-refractivity contribution in [3.63, 3.8) is 0 Å². The highest BCUT2D eigenvalue weighted by atomic mass is 31.2. The van der Waals surface area contributed by atoms with Gasteiger partial charge in [0.1, 0.15) is 24.6 Å². The number of aliphatic hydroxyl groups excluding tert-OH is 2. The summed E-state index contributed by atoms with van der Waals surface area (Å²) in [6.07, 6.45) is -4.27. The minimum absolute atomic E-state index is 0.310. The number of hydrogen-bond donors (Lipinski definition) is 5.